The monoisotopic (exact) mass is 516 g/mol. The van der Waals surface area contributed by atoms with Crippen LogP contribution in [0, 0.1) is 0 Å². The quantitative estimate of drug-likeness (QED) is 0.244. The number of benzene rings is 2. The normalized spacial score (nSPS) is 17.3. The first kappa shape index (κ1) is 24.1. The minimum absolute atomic E-state index is 0.0901. The Kier molecular flexibility index (Phi) is 7.12. The number of aliphatic hydroxyl groups excluding tert-OH is 1. The third kappa shape index (κ3) is 4.62. The lowest BCUT2D eigenvalue weighted by Crippen LogP contribution is -2.29. The van der Waals surface area contributed by atoms with E-state index in [0.29, 0.717) is 28.5 Å². The first-order valence-corrected chi connectivity index (χ1v) is 11.5. The van der Waals surface area contributed by atoms with Gasteiger partial charge in [-0.2, -0.15) is 0 Å². The number of halogens is 3. The number of amides is 1. The zero-order valence-electron chi connectivity index (χ0n) is 18.0. The smallest absolute Gasteiger partial charge is 0.295 e. The number of ether oxygens (including phenoxy) is 1. The molecule has 1 fully saturated rings. The van der Waals surface area contributed by atoms with E-state index >= 15 is 0 Å². The fourth-order valence-electron chi connectivity index (χ4n) is 3.85. The summed E-state index contributed by atoms with van der Waals surface area (Å²) in [4.78, 5) is 31.8. The standard InChI is InChI=1S/C25H19Cl3N2O4/c1-2-34-16-6-8-18(26)17(11-16)23(31)21-22(15-5-7-19(27)20(28)10-15)30(25(33)24(21)32)13-14-4-3-9-29-12-14/h3-12,22,31H,2,13H2,1H3/b23-21+. The van der Waals surface area contributed by atoms with Crippen molar-refractivity contribution in [3.05, 3.63) is 98.3 Å². The Bertz CT molecular complexity index is 1290. The Hall–Kier alpha value is -3.06. The average Bonchev–Trinajstić information content (AvgIpc) is 3.07. The number of Topliss-reactive ketones (excluding diaryl/α,β-unsaturated/α-hetero) is 1. The molecule has 1 saturated heterocycles. The molecule has 6 nitrogen and oxygen atoms in total. The van der Waals surface area contributed by atoms with Crippen LogP contribution in [0.5, 0.6) is 5.75 Å². The van der Waals surface area contributed by atoms with E-state index in [1.807, 2.05) is 6.92 Å². The fourth-order valence-corrected chi connectivity index (χ4v) is 4.36. The third-order valence-corrected chi connectivity index (χ3v) is 6.45. The van der Waals surface area contributed by atoms with E-state index in [4.69, 9.17) is 39.5 Å². The van der Waals surface area contributed by atoms with Gasteiger partial charge in [0, 0.05) is 24.5 Å². The highest BCUT2D eigenvalue weighted by atomic mass is 35.5. The topological polar surface area (TPSA) is 79.7 Å². The van der Waals surface area contributed by atoms with Gasteiger partial charge in [-0.25, -0.2) is 0 Å². The maximum atomic E-state index is 13.2. The van der Waals surface area contributed by atoms with Crippen LogP contribution in [0.4, 0.5) is 0 Å². The summed E-state index contributed by atoms with van der Waals surface area (Å²) in [5, 5.41) is 12.1. The molecule has 3 aromatic rings. The molecule has 0 radical (unpaired) electrons. The molecule has 1 amide bonds. The van der Waals surface area contributed by atoms with Crippen LogP contribution in [0.15, 0.2) is 66.5 Å². The highest BCUT2D eigenvalue weighted by molar-refractivity contribution is 6.47. The van der Waals surface area contributed by atoms with E-state index in [1.54, 1.807) is 54.9 Å². The number of carbonyl (C=O) groups excluding carboxylic acids is 2. The molecule has 34 heavy (non-hydrogen) atoms. The Morgan fingerprint density at radius 3 is 2.50 bits per heavy atom. The highest BCUT2D eigenvalue weighted by Crippen LogP contribution is 2.43. The van der Waals surface area contributed by atoms with Crippen molar-refractivity contribution in [2.75, 3.05) is 6.61 Å². The Balaban J connectivity index is 1.90. The molecule has 0 spiro atoms. The molecule has 1 unspecified atom stereocenters. The molecule has 1 atom stereocenters. The summed E-state index contributed by atoms with van der Waals surface area (Å²) in [7, 11) is 0. The van der Waals surface area contributed by atoms with Gasteiger partial charge in [0.25, 0.3) is 11.7 Å². The maximum Gasteiger partial charge on any atom is 0.295 e. The van der Waals surface area contributed by atoms with Crippen molar-refractivity contribution in [2.24, 2.45) is 0 Å². The number of hydrogen-bond acceptors (Lipinski definition) is 5. The molecule has 9 heteroatoms. The van der Waals surface area contributed by atoms with Gasteiger partial charge in [-0.15, -0.1) is 0 Å². The molecule has 0 saturated carbocycles. The summed E-state index contributed by atoms with van der Waals surface area (Å²) in [6.45, 7) is 2.32. The lowest BCUT2D eigenvalue weighted by Gasteiger charge is -2.25. The second kappa shape index (κ2) is 10.1. The highest BCUT2D eigenvalue weighted by Gasteiger charge is 2.46. The van der Waals surface area contributed by atoms with Crippen molar-refractivity contribution >= 4 is 52.3 Å². The van der Waals surface area contributed by atoms with Crippen molar-refractivity contribution in [1.82, 2.24) is 9.88 Å². The third-order valence-electron chi connectivity index (χ3n) is 5.38. The van der Waals surface area contributed by atoms with Crippen LogP contribution in [0.2, 0.25) is 15.1 Å². The van der Waals surface area contributed by atoms with Gasteiger partial charge in [0.2, 0.25) is 0 Å². The van der Waals surface area contributed by atoms with Crippen molar-refractivity contribution in [1.29, 1.82) is 0 Å². The van der Waals surface area contributed by atoms with Crippen LogP contribution in [0.25, 0.3) is 5.76 Å². The fraction of sp³-hybridized carbons (Fsp3) is 0.160. The van der Waals surface area contributed by atoms with Gasteiger partial charge in [-0.05, 0) is 54.4 Å². The molecule has 0 aliphatic carbocycles. The van der Waals surface area contributed by atoms with Crippen molar-refractivity contribution in [3.8, 4) is 5.75 Å². The number of carbonyl (C=O) groups is 2. The lowest BCUT2D eigenvalue weighted by atomic mass is 9.95. The molecular weight excluding hydrogens is 499 g/mol. The van der Waals surface area contributed by atoms with Crippen LogP contribution in [0.1, 0.15) is 29.7 Å². The van der Waals surface area contributed by atoms with E-state index in [1.165, 1.54) is 11.0 Å². The first-order chi connectivity index (χ1) is 16.3. The van der Waals surface area contributed by atoms with Gasteiger partial charge in [0.15, 0.2) is 0 Å². The minimum Gasteiger partial charge on any atom is -0.507 e. The maximum absolute atomic E-state index is 13.2. The predicted molar refractivity (Wildman–Crippen MR) is 131 cm³/mol. The zero-order chi connectivity index (χ0) is 24.4. The molecular formula is C25H19Cl3N2O4. The molecule has 0 bridgehead atoms. The van der Waals surface area contributed by atoms with E-state index in [-0.39, 0.29) is 27.7 Å². The summed E-state index contributed by atoms with van der Waals surface area (Å²) in [5.41, 5.74) is 1.29. The first-order valence-electron chi connectivity index (χ1n) is 10.4. The SMILES string of the molecule is CCOc1ccc(Cl)c(/C(O)=C2\C(=O)C(=O)N(Cc3cccnc3)C2c2ccc(Cl)c(Cl)c2)c1. The largest absolute Gasteiger partial charge is 0.507 e. The number of pyridine rings is 1. The number of nitrogens with zero attached hydrogens (tertiary/aromatic N) is 2. The zero-order valence-corrected chi connectivity index (χ0v) is 20.2. The summed E-state index contributed by atoms with van der Waals surface area (Å²) >= 11 is 18.7. The summed E-state index contributed by atoms with van der Waals surface area (Å²) in [6.07, 6.45) is 3.22. The predicted octanol–water partition coefficient (Wildman–Crippen LogP) is 6.06. The number of aliphatic hydroxyl groups is 1. The van der Waals surface area contributed by atoms with Crippen molar-refractivity contribution in [3.63, 3.8) is 0 Å². The van der Waals surface area contributed by atoms with E-state index < -0.39 is 23.5 Å². The molecule has 1 aliphatic rings. The van der Waals surface area contributed by atoms with Gasteiger partial charge >= 0.3 is 0 Å². The van der Waals surface area contributed by atoms with Gasteiger partial charge in [-0.3, -0.25) is 14.6 Å². The number of ketones is 1. The van der Waals surface area contributed by atoms with Crippen LogP contribution >= 0.6 is 34.8 Å². The van der Waals surface area contributed by atoms with Crippen molar-refractivity contribution < 1.29 is 19.4 Å². The Morgan fingerprint density at radius 1 is 1.06 bits per heavy atom. The number of aromatic nitrogens is 1. The molecule has 2 aromatic carbocycles. The summed E-state index contributed by atoms with van der Waals surface area (Å²) in [6, 6.07) is 12.1. The molecule has 1 aliphatic heterocycles. The van der Waals surface area contributed by atoms with E-state index in [0.717, 1.165) is 0 Å². The average molecular weight is 518 g/mol. The van der Waals surface area contributed by atoms with Crippen LogP contribution in [-0.2, 0) is 16.1 Å². The Labute approximate surface area is 211 Å². The van der Waals surface area contributed by atoms with E-state index in [9.17, 15) is 14.7 Å². The van der Waals surface area contributed by atoms with Crippen molar-refractivity contribution in [2.45, 2.75) is 19.5 Å². The summed E-state index contributed by atoms with van der Waals surface area (Å²) in [5.74, 6) is -1.55. The molecule has 174 valence electrons. The minimum atomic E-state index is -0.929. The second-order valence-electron chi connectivity index (χ2n) is 7.54. The second-order valence-corrected chi connectivity index (χ2v) is 8.76. The number of likely N-dealkylation sites (tertiary alicyclic amines) is 1. The summed E-state index contributed by atoms with van der Waals surface area (Å²) < 4.78 is 5.51. The number of rotatable bonds is 6. The van der Waals surface area contributed by atoms with E-state index in [2.05, 4.69) is 4.98 Å². The van der Waals surface area contributed by atoms with Gasteiger partial charge < -0.3 is 14.7 Å². The molecule has 2 heterocycles. The number of hydrogen-bond donors (Lipinski definition) is 1. The van der Waals surface area contributed by atoms with Gasteiger partial charge in [0.05, 0.1) is 33.3 Å². The lowest BCUT2D eigenvalue weighted by molar-refractivity contribution is -0.140. The van der Waals surface area contributed by atoms with Crippen LogP contribution < -0.4 is 4.74 Å². The van der Waals surface area contributed by atoms with Gasteiger partial charge in [-0.1, -0.05) is 46.9 Å². The van der Waals surface area contributed by atoms with Crippen LogP contribution in [-0.4, -0.2) is 33.3 Å². The van der Waals surface area contributed by atoms with Crippen LogP contribution in [0.3, 0.4) is 0 Å². The molecule has 1 N–H and O–H groups in total. The molecule has 1 aromatic heterocycles. The molecule has 4 rings (SSSR count). The Morgan fingerprint density at radius 2 is 1.82 bits per heavy atom. The van der Waals surface area contributed by atoms with Gasteiger partial charge in [0.1, 0.15) is 11.5 Å².